The molecule has 0 bridgehead atoms. The molecule has 6 nitrogen and oxygen atoms in total. The number of carbonyl (C=O) groups is 1. The Labute approximate surface area is 175 Å². The summed E-state index contributed by atoms with van der Waals surface area (Å²) in [5.74, 6) is 1.97. The molecule has 8 heteroatoms. The lowest BCUT2D eigenvalue weighted by Crippen LogP contribution is -2.45. The van der Waals surface area contributed by atoms with Crippen molar-refractivity contribution in [2.24, 2.45) is 5.92 Å². The number of nitrogens with zero attached hydrogens (tertiary/aromatic N) is 3. The maximum Gasteiger partial charge on any atom is 0.220 e. The molecule has 3 heterocycles. The van der Waals surface area contributed by atoms with E-state index in [0.717, 1.165) is 69.3 Å². The fourth-order valence-corrected chi connectivity index (χ4v) is 3.81. The number of nitrogens with one attached hydrogen (secondary N) is 2. The molecule has 2 N–H and O–H groups in total. The van der Waals surface area contributed by atoms with Crippen molar-refractivity contribution in [1.29, 1.82) is 0 Å². The summed E-state index contributed by atoms with van der Waals surface area (Å²) in [6.45, 7) is 6.21. The van der Waals surface area contributed by atoms with Crippen LogP contribution in [0.5, 0.6) is 0 Å². The van der Waals surface area contributed by atoms with E-state index in [2.05, 4.69) is 38.5 Å². The van der Waals surface area contributed by atoms with Gasteiger partial charge < -0.3 is 15.5 Å². The molecular formula is C19H33Cl2N5O. The van der Waals surface area contributed by atoms with Gasteiger partial charge in [0.25, 0.3) is 0 Å². The van der Waals surface area contributed by atoms with Crippen LogP contribution < -0.4 is 15.5 Å². The van der Waals surface area contributed by atoms with Gasteiger partial charge >= 0.3 is 0 Å². The first kappa shape index (κ1) is 23.9. The number of amides is 1. The lowest BCUT2D eigenvalue weighted by Gasteiger charge is -2.33. The summed E-state index contributed by atoms with van der Waals surface area (Å²) in [6.07, 6.45) is 8.70. The minimum Gasteiger partial charge on any atom is -0.356 e. The zero-order valence-corrected chi connectivity index (χ0v) is 17.8. The van der Waals surface area contributed by atoms with Gasteiger partial charge in [-0.1, -0.05) is 6.92 Å². The molecule has 2 aliphatic heterocycles. The number of aromatic nitrogens is 2. The van der Waals surface area contributed by atoms with E-state index in [1.54, 1.807) is 6.33 Å². The Morgan fingerprint density at radius 2 is 1.89 bits per heavy atom. The molecular weight excluding hydrogens is 385 g/mol. The van der Waals surface area contributed by atoms with Crippen molar-refractivity contribution in [3.63, 3.8) is 0 Å². The lowest BCUT2D eigenvalue weighted by molar-refractivity contribution is -0.122. The molecule has 3 rings (SSSR count). The van der Waals surface area contributed by atoms with Gasteiger partial charge in [-0.3, -0.25) is 4.79 Å². The van der Waals surface area contributed by atoms with E-state index < -0.39 is 0 Å². The Morgan fingerprint density at radius 3 is 2.56 bits per heavy atom. The molecule has 0 saturated carbocycles. The molecule has 154 valence electrons. The summed E-state index contributed by atoms with van der Waals surface area (Å²) in [7, 11) is 0. The Morgan fingerprint density at radius 1 is 1.19 bits per heavy atom. The number of aryl methyl sites for hydroxylation is 1. The molecule has 27 heavy (non-hydrogen) atoms. The molecule has 2 fully saturated rings. The Bertz CT molecular complexity index is 561. The minimum atomic E-state index is 0. The highest BCUT2D eigenvalue weighted by molar-refractivity contribution is 5.85. The third-order valence-electron chi connectivity index (χ3n) is 5.49. The van der Waals surface area contributed by atoms with Crippen LogP contribution in [0.1, 0.15) is 51.1 Å². The van der Waals surface area contributed by atoms with Crippen LogP contribution in [0.25, 0.3) is 0 Å². The van der Waals surface area contributed by atoms with Crippen molar-refractivity contribution in [1.82, 2.24) is 20.6 Å². The van der Waals surface area contributed by atoms with Crippen LogP contribution in [0.15, 0.2) is 12.4 Å². The molecule has 0 aliphatic carbocycles. The maximum atomic E-state index is 12.2. The van der Waals surface area contributed by atoms with Crippen molar-refractivity contribution in [2.45, 2.75) is 57.9 Å². The van der Waals surface area contributed by atoms with Crippen LogP contribution in [0, 0.1) is 5.92 Å². The second-order valence-corrected chi connectivity index (χ2v) is 7.28. The van der Waals surface area contributed by atoms with E-state index in [0.29, 0.717) is 12.5 Å². The second kappa shape index (κ2) is 12.4. The van der Waals surface area contributed by atoms with Gasteiger partial charge in [-0.25, -0.2) is 9.97 Å². The normalized spacial score (nSPS) is 18.3. The van der Waals surface area contributed by atoms with Gasteiger partial charge in [0.1, 0.15) is 12.1 Å². The van der Waals surface area contributed by atoms with Crippen LogP contribution in [0.2, 0.25) is 0 Å². The summed E-state index contributed by atoms with van der Waals surface area (Å²) >= 11 is 0. The fraction of sp³-hybridized carbons (Fsp3) is 0.737. The highest BCUT2D eigenvalue weighted by atomic mass is 35.5. The number of hydrogen-bond acceptors (Lipinski definition) is 5. The summed E-state index contributed by atoms with van der Waals surface area (Å²) in [6, 6.07) is 2.39. The maximum absolute atomic E-state index is 12.2. The molecule has 2 saturated heterocycles. The number of piperidine rings is 2. The molecule has 0 aromatic carbocycles. The number of hydrogen-bond donors (Lipinski definition) is 2. The summed E-state index contributed by atoms with van der Waals surface area (Å²) in [5.41, 5.74) is 1.08. The van der Waals surface area contributed by atoms with Crippen molar-refractivity contribution in [3.05, 3.63) is 18.1 Å². The van der Waals surface area contributed by atoms with E-state index in [1.165, 1.54) is 12.8 Å². The Kier molecular flexibility index (Phi) is 11.0. The van der Waals surface area contributed by atoms with Crippen LogP contribution in [0.4, 0.5) is 5.82 Å². The summed E-state index contributed by atoms with van der Waals surface area (Å²) in [4.78, 5) is 23.2. The SMILES string of the molecule is CCc1cc(N2CCC(NC(=O)CCC3CCNCC3)CC2)ncn1.Cl.Cl. The van der Waals surface area contributed by atoms with E-state index in [-0.39, 0.29) is 30.7 Å². The van der Waals surface area contributed by atoms with Crippen molar-refractivity contribution in [2.75, 3.05) is 31.1 Å². The molecule has 0 radical (unpaired) electrons. The number of carbonyl (C=O) groups excluding carboxylic acids is 1. The van der Waals surface area contributed by atoms with Gasteiger partial charge in [-0.05, 0) is 57.5 Å². The largest absolute Gasteiger partial charge is 0.356 e. The fourth-order valence-electron chi connectivity index (χ4n) is 3.81. The quantitative estimate of drug-likeness (QED) is 0.744. The number of halogens is 2. The number of anilines is 1. The Hall–Kier alpha value is -1.11. The molecule has 0 atom stereocenters. The molecule has 1 aromatic rings. The summed E-state index contributed by atoms with van der Waals surface area (Å²) in [5, 5.41) is 6.62. The highest BCUT2D eigenvalue weighted by Crippen LogP contribution is 2.20. The standard InChI is InChI=1S/C19H31N5O.2ClH/c1-2-16-13-18(22-14-21-16)24-11-7-17(8-12-24)23-19(25)4-3-15-5-9-20-10-6-15;;/h13-15,17,20H,2-12H2,1H3,(H,23,25);2*1H. The van der Waals surface area contributed by atoms with Gasteiger partial charge in [-0.2, -0.15) is 0 Å². The first-order valence-electron chi connectivity index (χ1n) is 9.80. The zero-order valence-electron chi connectivity index (χ0n) is 16.2. The average Bonchev–Trinajstić information content (AvgIpc) is 2.68. The van der Waals surface area contributed by atoms with Gasteiger partial charge in [0, 0.05) is 37.3 Å². The van der Waals surface area contributed by atoms with E-state index in [9.17, 15) is 4.79 Å². The van der Waals surface area contributed by atoms with Gasteiger partial charge in [0.2, 0.25) is 5.91 Å². The predicted octanol–water partition coefficient (Wildman–Crippen LogP) is 2.75. The zero-order chi connectivity index (χ0) is 17.5. The molecule has 0 unspecified atom stereocenters. The van der Waals surface area contributed by atoms with Crippen LogP contribution in [0.3, 0.4) is 0 Å². The highest BCUT2D eigenvalue weighted by Gasteiger charge is 2.22. The Balaban J connectivity index is 0.00000182. The topological polar surface area (TPSA) is 70.2 Å². The van der Waals surface area contributed by atoms with E-state index >= 15 is 0 Å². The first-order valence-corrected chi connectivity index (χ1v) is 9.80. The van der Waals surface area contributed by atoms with Gasteiger partial charge in [0.15, 0.2) is 0 Å². The van der Waals surface area contributed by atoms with Gasteiger partial charge in [0.05, 0.1) is 0 Å². The van der Waals surface area contributed by atoms with E-state index in [1.807, 2.05) is 0 Å². The number of rotatable bonds is 6. The summed E-state index contributed by atoms with van der Waals surface area (Å²) < 4.78 is 0. The lowest BCUT2D eigenvalue weighted by atomic mass is 9.93. The van der Waals surface area contributed by atoms with Gasteiger partial charge in [-0.15, -0.1) is 24.8 Å². The van der Waals surface area contributed by atoms with Crippen LogP contribution in [-0.2, 0) is 11.2 Å². The molecule has 1 amide bonds. The van der Waals surface area contributed by atoms with Crippen LogP contribution >= 0.6 is 24.8 Å². The van der Waals surface area contributed by atoms with Crippen molar-refractivity contribution >= 4 is 36.5 Å². The van der Waals surface area contributed by atoms with Crippen molar-refractivity contribution in [3.8, 4) is 0 Å². The van der Waals surface area contributed by atoms with Crippen molar-refractivity contribution < 1.29 is 4.79 Å². The monoisotopic (exact) mass is 417 g/mol. The second-order valence-electron chi connectivity index (χ2n) is 7.28. The molecule has 1 aromatic heterocycles. The predicted molar refractivity (Wildman–Crippen MR) is 114 cm³/mol. The first-order chi connectivity index (χ1) is 12.2. The smallest absolute Gasteiger partial charge is 0.220 e. The third kappa shape index (κ3) is 7.43. The molecule has 0 spiro atoms. The van der Waals surface area contributed by atoms with Crippen LogP contribution in [-0.4, -0.2) is 48.1 Å². The van der Waals surface area contributed by atoms with E-state index in [4.69, 9.17) is 0 Å². The third-order valence-corrected chi connectivity index (χ3v) is 5.49. The average molecular weight is 418 g/mol. The molecule has 2 aliphatic rings. The minimum absolute atomic E-state index is 0.